The largest absolute Gasteiger partial charge is 0.492 e. The fourth-order valence-electron chi connectivity index (χ4n) is 3.65. The van der Waals surface area contributed by atoms with Crippen LogP contribution in [0.25, 0.3) is 6.08 Å². The first kappa shape index (κ1) is 28.3. The SMILES string of the molecule is CCOc1ccccc1NC(=O)C(C)Sc1cccc(NC(=O)/C(=C/c2ccco2)NC(=O)c2ccccc2)c1. The lowest BCUT2D eigenvalue weighted by molar-refractivity contribution is -0.115. The number of para-hydroxylation sites is 2. The number of amides is 3. The quantitative estimate of drug-likeness (QED) is 0.150. The van der Waals surface area contributed by atoms with Crippen molar-refractivity contribution in [2.24, 2.45) is 0 Å². The predicted molar refractivity (Wildman–Crippen MR) is 157 cm³/mol. The normalized spacial score (nSPS) is 11.8. The van der Waals surface area contributed by atoms with E-state index in [9.17, 15) is 14.4 Å². The fraction of sp³-hybridized carbons (Fsp3) is 0.129. The first-order valence-corrected chi connectivity index (χ1v) is 13.5. The van der Waals surface area contributed by atoms with Crippen LogP contribution in [-0.2, 0) is 9.59 Å². The van der Waals surface area contributed by atoms with Crippen molar-refractivity contribution in [2.75, 3.05) is 17.2 Å². The number of benzene rings is 3. The lowest BCUT2D eigenvalue weighted by atomic mass is 10.2. The molecule has 0 aliphatic carbocycles. The summed E-state index contributed by atoms with van der Waals surface area (Å²) in [5.74, 6) is -0.116. The lowest BCUT2D eigenvalue weighted by Gasteiger charge is -2.15. The van der Waals surface area contributed by atoms with Crippen LogP contribution in [0.4, 0.5) is 11.4 Å². The monoisotopic (exact) mass is 555 g/mol. The van der Waals surface area contributed by atoms with E-state index in [0.29, 0.717) is 35.1 Å². The van der Waals surface area contributed by atoms with E-state index in [4.69, 9.17) is 9.15 Å². The van der Waals surface area contributed by atoms with E-state index in [1.54, 1.807) is 79.7 Å². The topological polar surface area (TPSA) is 110 Å². The number of furan rings is 1. The number of rotatable bonds is 11. The molecule has 1 unspecified atom stereocenters. The Labute approximate surface area is 236 Å². The zero-order valence-corrected chi connectivity index (χ0v) is 22.9. The molecule has 3 N–H and O–H groups in total. The molecular formula is C31H29N3O5S. The average molecular weight is 556 g/mol. The van der Waals surface area contributed by atoms with Gasteiger partial charge in [0.2, 0.25) is 5.91 Å². The van der Waals surface area contributed by atoms with E-state index in [-0.39, 0.29) is 11.6 Å². The number of hydrogen-bond donors (Lipinski definition) is 3. The van der Waals surface area contributed by atoms with E-state index < -0.39 is 17.1 Å². The fourth-order valence-corrected chi connectivity index (χ4v) is 4.57. The Balaban J connectivity index is 1.44. The number of nitrogens with one attached hydrogen (secondary N) is 3. The van der Waals surface area contributed by atoms with Gasteiger partial charge in [0.1, 0.15) is 17.2 Å². The molecule has 0 fully saturated rings. The van der Waals surface area contributed by atoms with Crippen LogP contribution in [0.1, 0.15) is 30.0 Å². The van der Waals surface area contributed by atoms with E-state index in [1.807, 2.05) is 25.1 Å². The van der Waals surface area contributed by atoms with Crippen LogP contribution in [0, 0.1) is 0 Å². The maximum atomic E-state index is 13.2. The second-order valence-corrected chi connectivity index (χ2v) is 9.97. The zero-order valence-electron chi connectivity index (χ0n) is 22.0. The van der Waals surface area contributed by atoms with Gasteiger partial charge in [-0.15, -0.1) is 11.8 Å². The average Bonchev–Trinajstić information content (AvgIpc) is 3.47. The summed E-state index contributed by atoms with van der Waals surface area (Å²) in [6, 6.07) is 26.4. The van der Waals surface area contributed by atoms with Gasteiger partial charge in [-0.1, -0.05) is 36.4 Å². The molecule has 8 nitrogen and oxygen atoms in total. The molecule has 0 saturated heterocycles. The highest BCUT2D eigenvalue weighted by atomic mass is 32.2. The molecule has 9 heteroatoms. The van der Waals surface area contributed by atoms with Gasteiger partial charge in [-0.2, -0.15) is 0 Å². The Hall–Kier alpha value is -4.76. The van der Waals surface area contributed by atoms with Gasteiger partial charge in [-0.25, -0.2) is 0 Å². The number of hydrogen-bond acceptors (Lipinski definition) is 6. The van der Waals surface area contributed by atoms with Crippen LogP contribution in [0.3, 0.4) is 0 Å². The first-order chi connectivity index (χ1) is 19.4. The number of ether oxygens (including phenoxy) is 1. The number of thioether (sulfide) groups is 1. The summed E-state index contributed by atoms with van der Waals surface area (Å²) in [6.07, 6.45) is 2.94. The molecule has 0 radical (unpaired) electrons. The summed E-state index contributed by atoms with van der Waals surface area (Å²) in [4.78, 5) is 39.6. The Bertz CT molecular complexity index is 1490. The second kappa shape index (κ2) is 13.9. The Morgan fingerprint density at radius 3 is 2.45 bits per heavy atom. The van der Waals surface area contributed by atoms with E-state index in [0.717, 1.165) is 4.90 Å². The number of carbonyl (C=O) groups is 3. The zero-order chi connectivity index (χ0) is 28.3. The van der Waals surface area contributed by atoms with Gasteiger partial charge >= 0.3 is 0 Å². The Kier molecular flexibility index (Phi) is 9.79. The highest BCUT2D eigenvalue weighted by molar-refractivity contribution is 8.00. The summed E-state index contributed by atoms with van der Waals surface area (Å²) in [5, 5.41) is 7.98. The molecule has 3 amide bonds. The third kappa shape index (κ3) is 7.87. The molecule has 4 aromatic rings. The van der Waals surface area contributed by atoms with Gasteiger partial charge < -0.3 is 25.1 Å². The molecule has 4 rings (SSSR count). The minimum absolute atomic E-state index is 0.0163. The number of carbonyl (C=O) groups excluding carboxylic acids is 3. The van der Waals surface area contributed by atoms with Gasteiger partial charge in [-0.3, -0.25) is 14.4 Å². The van der Waals surface area contributed by atoms with Crippen LogP contribution in [0.15, 0.2) is 112 Å². The van der Waals surface area contributed by atoms with Gasteiger partial charge in [0, 0.05) is 22.2 Å². The molecule has 1 aromatic heterocycles. The van der Waals surface area contributed by atoms with E-state index >= 15 is 0 Å². The molecule has 204 valence electrons. The lowest BCUT2D eigenvalue weighted by Crippen LogP contribution is -2.30. The molecule has 0 spiro atoms. The van der Waals surface area contributed by atoms with E-state index in [2.05, 4.69) is 16.0 Å². The van der Waals surface area contributed by atoms with Crippen LogP contribution in [0.2, 0.25) is 0 Å². The summed E-state index contributed by atoms with van der Waals surface area (Å²) >= 11 is 1.35. The summed E-state index contributed by atoms with van der Waals surface area (Å²) in [7, 11) is 0. The Morgan fingerprint density at radius 1 is 0.925 bits per heavy atom. The molecule has 0 bridgehead atoms. The molecule has 0 saturated carbocycles. The van der Waals surface area contributed by atoms with Crippen molar-refractivity contribution >= 4 is 46.9 Å². The van der Waals surface area contributed by atoms with Crippen LogP contribution in [0.5, 0.6) is 5.75 Å². The maximum Gasteiger partial charge on any atom is 0.272 e. The first-order valence-electron chi connectivity index (χ1n) is 12.7. The standard InChI is InChI=1S/C31H29N3O5S/c1-3-38-28-17-8-7-16-26(28)33-29(35)21(2)40-25-15-9-13-23(19-25)32-31(37)27(20-24-14-10-18-39-24)34-30(36)22-11-5-4-6-12-22/h4-21H,3H2,1-2H3,(H,32,37)(H,33,35)(H,34,36)/b27-20-. The van der Waals surface area contributed by atoms with Crippen molar-refractivity contribution in [1.82, 2.24) is 5.32 Å². The van der Waals surface area contributed by atoms with Crippen LogP contribution < -0.4 is 20.7 Å². The van der Waals surface area contributed by atoms with Gasteiger partial charge in [0.05, 0.1) is 23.8 Å². The van der Waals surface area contributed by atoms with E-state index in [1.165, 1.54) is 24.1 Å². The van der Waals surface area contributed by atoms with Crippen molar-refractivity contribution in [3.05, 3.63) is 114 Å². The summed E-state index contributed by atoms with van der Waals surface area (Å²) in [6.45, 7) is 4.18. The van der Waals surface area contributed by atoms with Crippen LogP contribution >= 0.6 is 11.8 Å². The van der Waals surface area contributed by atoms with Crippen molar-refractivity contribution in [3.8, 4) is 5.75 Å². The minimum atomic E-state index is -0.527. The second-order valence-electron chi connectivity index (χ2n) is 8.55. The third-order valence-corrected chi connectivity index (χ3v) is 6.67. The molecule has 1 heterocycles. The molecule has 40 heavy (non-hydrogen) atoms. The van der Waals surface area contributed by atoms with Crippen molar-refractivity contribution in [1.29, 1.82) is 0 Å². The van der Waals surface area contributed by atoms with Crippen molar-refractivity contribution in [2.45, 2.75) is 24.0 Å². The van der Waals surface area contributed by atoms with Crippen molar-refractivity contribution < 1.29 is 23.5 Å². The van der Waals surface area contributed by atoms with Crippen molar-refractivity contribution in [3.63, 3.8) is 0 Å². The van der Waals surface area contributed by atoms with Gasteiger partial charge in [0.25, 0.3) is 11.8 Å². The smallest absolute Gasteiger partial charge is 0.272 e. The van der Waals surface area contributed by atoms with Gasteiger partial charge in [0.15, 0.2) is 0 Å². The molecule has 0 aliphatic heterocycles. The summed E-state index contributed by atoms with van der Waals surface area (Å²) < 4.78 is 10.9. The highest BCUT2D eigenvalue weighted by Gasteiger charge is 2.18. The molecule has 1 atom stereocenters. The molecule has 0 aliphatic rings. The van der Waals surface area contributed by atoms with Crippen LogP contribution in [-0.4, -0.2) is 29.6 Å². The maximum absolute atomic E-state index is 13.2. The molecule has 3 aromatic carbocycles. The minimum Gasteiger partial charge on any atom is -0.492 e. The Morgan fingerprint density at radius 2 is 1.70 bits per heavy atom. The third-order valence-electron chi connectivity index (χ3n) is 5.58. The van der Waals surface area contributed by atoms with Gasteiger partial charge in [-0.05, 0) is 68.4 Å². The highest BCUT2D eigenvalue weighted by Crippen LogP contribution is 2.29. The molecular weight excluding hydrogens is 526 g/mol. The predicted octanol–water partition coefficient (Wildman–Crippen LogP) is 6.21. The summed E-state index contributed by atoms with van der Waals surface area (Å²) in [5.41, 5.74) is 1.54. The number of anilines is 2.